The molecule has 0 radical (unpaired) electrons. The second kappa shape index (κ2) is 4.48. The summed E-state index contributed by atoms with van der Waals surface area (Å²) in [6.07, 6.45) is 2.25. The van der Waals surface area contributed by atoms with E-state index in [1.807, 2.05) is 19.9 Å². The number of amides is 1. The van der Waals surface area contributed by atoms with Crippen LogP contribution in [-0.2, 0) is 19.7 Å². The first-order valence-electron chi connectivity index (χ1n) is 7.12. The van der Waals surface area contributed by atoms with E-state index < -0.39 is 11.4 Å². The SMILES string of the molecule is COC(=O)CN1C(=O)C(C)(C)c2cc(C3CC3)cc(O)c21. The van der Waals surface area contributed by atoms with Crippen molar-refractivity contribution in [3.8, 4) is 5.75 Å². The van der Waals surface area contributed by atoms with Crippen LogP contribution in [0.2, 0.25) is 0 Å². The molecule has 1 aromatic rings. The normalized spacial score (nSPS) is 19.6. The molecule has 1 amide bonds. The van der Waals surface area contributed by atoms with Crippen LogP contribution in [0.1, 0.15) is 43.7 Å². The standard InChI is InChI=1S/C16H19NO4/c1-16(2)11-6-10(9-4-5-9)7-12(18)14(11)17(15(16)20)8-13(19)21-3/h6-7,9,18H,4-5,8H2,1-3H3. The van der Waals surface area contributed by atoms with E-state index in [0.29, 0.717) is 11.6 Å². The molecule has 0 atom stereocenters. The second-order valence-electron chi connectivity index (χ2n) is 6.30. The Morgan fingerprint density at radius 2 is 2.10 bits per heavy atom. The van der Waals surface area contributed by atoms with Crippen LogP contribution in [-0.4, -0.2) is 30.6 Å². The molecule has 0 aromatic heterocycles. The van der Waals surface area contributed by atoms with Gasteiger partial charge < -0.3 is 9.84 Å². The van der Waals surface area contributed by atoms with Gasteiger partial charge in [0.25, 0.3) is 0 Å². The van der Waals surface area contributed by atoms with Gasteiger partial charge in [-0.2, -0.15) is 0 Å². The number of phenols is 1. The van der Waals surface area contributed by atoms with Gasteiger partial charge >= 0.3 is 5.97 Å². The highest BCUT2D eigenvalue weighted by molar-refractivity contribution is 6.11. The minimum Gasteiger partial charge on any atom is -0.506 e. The monoisotopic (exact) mass is 289 g/mol. The summed E-state index contributed by atoms with van der Waals surface area (Å²) in [5.41, 5.74) is 1.57. The summed E-state index contributed by atoms with van der Waals surface area (Å²) in [4.78, 5) is 25.5. The Balaban J connectivity index is 2.09. The summed E-state index contributed by atoms with van der Waals surface area (Å²) >= 11 is 0. The van der Waals surface area contributed by atoms with Crippen molar-refractivity contribution in [2.24, 2.45) is 0 Å². The third-order valence-electron chi connectivity index (χ3n) is 4.40. The predicted molar refractivity (Wildman–Crippen MR) is 77.5 cm³/mol. The van der Waals surface area contributed by atoms with Crippen LogP contribution in [0.3, 0.4) is 0 Å². The van der Waals surface area contributed by atoms with Crippen molar-refractivity contribution in [3.63, 3.8) is 0 Å². The largest absolute Gasteiger partial charge is 0.506 e. The van der Waals surface area contributed by atoms with E-state index in [9.17, 15) is 14.7 Å². The van der Waals surface area contributed by atoms with Gasteiger partial charge in [-0.25, -0.2) is 0 Å². The van der Waals surface area contributed by atoms with Gasteiger partial charge in [0.1, 0.15) is 12.3 Å². The molecule has 1 saturated carbocycles. The van der Waals surface area contributed by atoms with E-state index in [0.717, 1.165) is 24.0 Å². The van der Waals surface area contributed by atoms with Gasteiger partial charge in [0.2, 0.25) is 5.91 Å². The maximum Gasteiger partial charge on any atom is 0.325 e. The van der Waals surface area contributed by atoms with Gasteiger partial charge in [0.05, 0.1) is 18.2 Å². The number of nitrogens with zero attached hydrogens (tertiary/aromatic N) is 1. The molecule has 0 spiro atoms. The number of phenolic OH excluding ortho intramolecular Hbond substituents is 1. The van der Waals surface area contributed by atoms with Crippen molar-refractivity contribution < 1.29 is 19.4 Å². The van der Waals surface area contributed by atoms with Crippen LogP contribution >= 0.6 is 0 Å². The Bertz CT molecular complexity index is 631. The van der Waals surface area contributed by atoms with Gasteiger partial charge in [0, 0.05) is 0 Å². The van der Waals surface area contributed by atoms with E-state index in [1.54, 1.807) is 6.07 Å². The van der Waals surface area contributed by atoms with E-state index in [1.165, 1.54) is 12.0 Å². The van der Waals surface area contributed by atoms with E-state index in [4.69, 9.17) is 0 Å². The Hall–Kier alpha value is -2.04. The molecule has 1 aromatic carbocycles. The molecule has 1 aliphatic carbocycles. The number of rotatable bonds is 3. The zero-order valence-corrected chi connectivity index (χ0v) is 12.5. The molecule has 21 heavy (non-hydrogen) atoms. The fraction of sp³-hybridized carbons (Fsp3) is 0.500. The number of hydrogen-bond acceptors (Lipinski definition) is 4. The number of ether oxygens (including phenoxy) is 1. The van der Waals surface area contributed by atoms with Crippen LogP contribution in [0.4, 0.5) is 5.69 Å². The van der Waals surface area contributed by atoms with Crippen molar-refractivity contribution in [1.29, 1.82) is 0 Å². The summed E-state index contributed by atoms with van der Waals surface area (Å²) in [6.45, 7) is 3.46. The molecule has 5 heteroatoms. The minimum absolute atomic E-state index is 0.0669. The number of carbonyl (C=O) groups excluding carboxylic acids is 2. The highest BCUT2D eigenvalue weighted by atomic mass is 16.5. The van der Waals surface area contributed by atoms with Gasteiger partial charge in [-0.05, 0) is 49.8 Å². The van der Waals surface area contributed by atoms with Gasteiger partial charge in [-0.1, -0.05) is 6.07 Å². The Labute approximate surface area is 123 Å². The molecule has 2 aliphatic rings. The first-order chi connectivity index (χ1) is 9.86. The summed E-state index contributed by atoms with van der Waals surface area (Å²) in [5, 5.41) is 10.3. The van der Waals surface area contributed by atoms with Crippen LogP contribution in [0.5, 0.6) is 5.75 Å². The number of benzene rings is 1. The topological polar surface area (TPSA) is 66.8 Å². The molecule has 112 valence electrons. The number of esters is 1. The molecular formula is C16H19NO4. The van der Waals surface area contributed by atoms with E-state index in [-0.39, 0.29) is 18.2 Å². The van der Waals surface area contributed by atoms with Crippen molar-refractivity contribution >= 4 is 17.6 Å². The quantitative estimate of drug-likeness (QED) is 0.865. The Kier molecular flexibility index (Phi) is 2.97. The fourth-order valence-corrected chi connectivity index (χ4v) is 2.95. The third-order valence-corrected chi connectivity index (χ3v) is 4.40. The first-order valence-corrected chi connectivity index (χ1v) is 7.12. The molecule has 5 nitrogen and oxygen atoms in total. The number of aromatic hydroxyl groups is 1. The summed E-state index contributed by atoms with van der Waals surface area (Å²) in [5.74, 6) is -0.136. The number of hydrogen-bond donors (Lipinski definition) is 1. The zero-order valence-electron chi connectivity index (χ0n) is 12.5. The second-order valence-corrected chi connectivity index (χ2v) is 6.30. The average Bonchev–Trinajstić information content (AvgIpc) is 3.25. The lowest BCUT2D eigenvalue weighted by molar-refractivity contribution is -0.140. The molecule has 1 N–H and O–H groups in total. The maximum atomic E-state index is 12.6. The van der Waals surface area contributed by atoms with Crippen LogP contribution < -0.4 is 4.90 Å². The van der Waals surface area contributed by atoms with Crippen LogP contribution in [0.25, 0.3) is 0 Å². The lowest BCUT2D eigenvalue weighted by atomic mass is 9.85. The lowest BCUT2D eigenvalue weighted by Crippen LogP contribution is -2.39. The summed E-state index contributed by atoms with van der Waals surface area (Å²) in [6, 6.07) is 3.72. The first kappa shape index (κ1) is 13.9. The highest BCUT2D eigenvalue weighted by Gasteiger charge is 2.46. The Morgan fingerprint density at radius 1 is 1.43 bits per heavy atom. The third kappa shape index (κ3) is 2.07. The molecular weight excluding hydrogens is 270 g/mol. The lowest BCUT2D eigenvalue weighted by Gasteiger charge is -2.19. The van der Waals surface area contributed by atoms with E-state index >= 15 is 0 Å². The molecule has 1 fully saturated rings. The summed E-state index contributed by atoms with van der Waals surface area (Å²) in [7, 11) is 1.28. The number of carbonyl (C=O) groups is 2. The van der Waals surface area contributed by atoms with Gasteiger partial charge in [-0.15, -0.1) is 0 Å². The van der Waals surface area contributed by atoms with Crippen molar-refractivity contribution in [1.82, 2.24) is 0 Å². The molecule has 0 bridgehead atoms. The van der Waals surface area contributed by atoms with Gasteiger partial charge in [0.15, 0.2) is 0 Å². The maximum absolute atomic E-state index is 12.6. The van der Waals surface area contributed by atoms with Crippen LogP contribution in [0.15, 0.2) is 12.1 Å². The molecule has 0 unspecified atom stereocenters. The molecule has 1 aliphatic heterocycles. The zero-order chi connectivity index (χ0) is 15.4. The van der Waals surface area contributed by atoms with Gasteiger partial charge in [-0.3, -0.25) is 14.5 Å². The predicted octanol–water partition coefficient (Wildman–Crippen LogP) is 2.07. The number of fused-ring (bicyclic) bond motifs is 1. The fourth-order valence-electron chi connectivity index (χ4n) is 2.95. The van der Waals surface area contributed by atoms with E-state index in [2.05, 4.69) is 4.74 Å². The highest BCUT2D eigenvalue weighted by Crippen LogP contribution is 2.50. The molecule has 1 heterocycles. The number of anilines is 1. The van der Waals surface area contributed by atoms with Crippen molar-refractivity contribution in [2.75, 3.05) is 18.6 Å². The smallest absolute Gasteiger partial charge is 0.325 e. The average molecular weight is 289 g/mol. The van der Waals surface area contributed by atoms with Crippen LogP contribution in [0, 0.1) is 0 Å². The van der Waals surface area contributed by atoms with Crippen molar-refractivity contribution in [2.45, 2.75) is 38.0 Å². The molecule has 3 rings (SSSR count). The minimum atomic E-state index is -0.744. The Morgan fingerprint density at radius 3 is 2.67 bits per heavy atom. The summed E-state index contributed by atoms with van der Waals surface area (Å²) < 4.78 is 4.64. The van der Waals surface area contributed by atoms with Crippen molar-refractivity contribution in [3.05, 3.63) is 23.3 Å². The number of methoxy groups -OCH3 is 1. The molecule has 0 saturated heterocycles.